The molecule has 2 N–H and O–H groups in total. The van der Waals surface area contributed by atoms with Crippen molar-refractivity contribution in [1.82, 2.24) is 4.90 Å². The van der Waals surface area contributed by atoms with Crippen molar-refractivity contribution in [3.8, 4) is 0 Å². The molecule has 2 heteroatoms. The van der Waals surface area contributed by atoms with Crippen molar-refractivity contribution in [1.29, 1.82) is 0 Å². The summed E-state index contributed by atoms with van der Waals surface area (Å²) in [5, 5.41) is 0. The zero-order chi connectivity index (χ0) is 11.0. The first kappa shape index (κ1) is 10.3. The molecule has 2 nitrogen and oxygen atoms in total. The van der Waals surface area contributed by atoms with E-state index < -0.39 is 0 Å². The van der Waals surface area contributed by atoms with Gasteiger partial charge in [-0.2, -0.15) is 0 Å². The van der Waals surface area contributed by atoms with Gasteiger partial charge in [0.1, 0.15) is 0 Å². The number of rotatable bonds is 3. The summed E-state index contributed by atoms with van der Waals surface area (Å²) in [4.78, 5) is 2.59. The second-order valence-corrected chi connectivity index (χ2v) is 5.45. The molecule has 2 fully saturated rings. The Bertz CT molecular complexity index is 362. The maximum atomic E-state index is 5.77. The smallest absolute Gasteiger partial charge is 0.0233 e. The Balaban J connectivity index is 1.59. The average Bonchev–Trinajstić information content (AvgIpc) is 2.85. The molecule has 1 aliphatic carbocycles. The molecule has 2 atom stereocenters. The third-order valence-electron chi connectivity index (χ3n) is 4.36. The molecule has 3 rings (SSSR count). The van der Waals surface area contributed by atoms with Crippen molar-refractivity contribution in [3.63, 3.8) is 0 Å². The summed E-state index contributed by atoms with van der Waals surface area (Å²) in [5.41, 5.74) is 7.82. The lowest BCUT2D eigenvalue weighted by atomic mass is 10.0. The highest BCUT2D eigenvalue weighted by atomic mass is 15.2. The Hall–Kier alpha value is -0.860. The van der Waals surface area contributed by atoms with E-state index in [-0.39, 0.29) is 0 Å². The SMILES string of the molecule is NCC1CC12CCN(Cc1ccccc1)C2. The second kappa shape index (κ2) is 3.86. The fraction of sp³-hybridized carbons (Fsp3) is 0.571. The van der Waals surface area contributed by atoms with E-state index in [9.17, 15) is 0 Å². The van der Waals surface area contributed by atoms with E-state index >= 15 is 0 Å². The number of hydrogen-bond acceptors (Lipinski definition) is 2. The molecule has 1 aromatic rings. The molecule has 1 heterocycles. The van der Waals surface area contributed by atoms with E-state index in [1.165, 1.54) is 31.5 Å². The van der Waals surface area contributed by atoms with Gasteiger partial charge in [-0.1, -0.05) is 30.3 Å². The molecule has 2 unspecified atom stereocenters. The quantitative estimate of drug-likeness (QED) is 0.835. The van der Waals surface area contributed by atoms with Crippen molar-refractivity contribution in [2.45, 2.75) is 19.4 Å². The van der Waals surface area contributed by atoms with Crippen LogP contribution in [0.4, 0.5) is 0 Å². The molecule has 1 saturated heterocycles. The lowest BCUT2D eigenvalue weighted by molar-refractivity contribution is 0.306. The van der Waals surface area contributed by atoms with Gasteiger partial charge in [-0.15, -0.1) is 0 Å². The van der Waals surface area contributed by atoms with Crippen LogP contribution in [0.15, 0.2) is 30.3 Å². The molecule has 1 aromatic carbocycles. The number of nitrogens with zero attached hydrogens (tertiary/aromatic N) is 1. The van der Waals surface area contributed by atoms with E-state index in [2.05, 4.69) is 35.2 Å². The molecule has 1 spiro atoms. The molecule has 0 radical (unpaired) electrons. The van der Waals surface area contributed by atoms with E-state index in [1.807, 2.05) is 0 Å². The van der Waals surface area contributed by atoms with Crippen LogP contribution >= 0.6 is 0 Å². The first-order chi connectivity index (χ1) is 7.82. The number of likely N-dealkylation sites (tertiary alicyclic amines) is 1. The molecule has 1 aliphatic heterocycles. The first-order valence-electron chi connectivity index (χ1n) is 6.29. The maximum Gasteiger partial charge on any atom is 0.0233 e. The summed E-state index contributed by atoms with van der Waals surface area (Å²) in [6.45, 7) is 4.52. The molecule has 16 heavy (non-hydrogen) atoms. The molecule has 0 bridgehead atoms. The normalized spacial score (nSPS) is 33.4. The third-order valence-corrected chi connectivity index (χ3v) is 4.36. The third kappa shape index (κ3) is 1.76. The second-order valence-electron chi connectivity index (χ2n) is 5.45. The summed E-state index contributed by atoms with van der Waals surface area (Å²) >= 11 is 0. The minimum atomic E-state index is 0.615. The topological polar surface area (TPSA) is 29.3 Å². The average molecular weight is 216 g/mol. The zero-order valence-corrected chi connectivity index (χ0v) is 9.73. The van der Waals surface area contributed by atoms with Crippen LogP contribution in [0.1, 0.15) is 18.4 Å². The van der Waals surface area contributed by atoms with Gasteiger partial charge >= 0.3 is 0 Å². The van der Waals surface area contributed by atoms with Crippen LogP contribution in [-0.2, 0) is 6.54 Å². The van der Waals surface area contributed by atoms with Crippen LogP contribution in [-0.4, -0.2) is 24.5 Å². The van der Waals surface area contributed by atoms with E-state index in [1.54, 1.807) is 0 Å². The van der Waals surface area contributed by atoms with Crippen LogP contribution in [0.25, 0.3) is 0 Å². The molecule has 2 aliphatic rings. The van der Waals surface area contributed by atoms with Crippen LogP contribution in [0.5, 0.6) is 0 Å². The van der Waals surface area contributed by atoms with E-state index in [0.717, 1.165) is 19.0 Å². The van der Waals surface area contributed by atoms with Crippen LogP contribution in [0.3, 0.4) is 0 Å². The van der Waals surface area contributed by atoms with Crippen molar-refractivity contribution in [2.24, 2.45) is 17.1 Å². The monoisotopic (exact) mass is 216 g/mol. The fourth-order valence-corrected chi connectivity index (χ4v) is 3.23. The van der Waals surface area contributed by atoms with Gasteiger partial charge in [-0.05, 0) is 42.8 Å². The zero-order valence-electron chi connectivity index (χ0n) is 9.73. The largest absolute Gasteiger partial charge is 0.330 e. The Morgan fingerprint density at radius 2 is 2.12 bits per heavy atom. The Kier molecular flexibility index (Phi) is 2.49. The van der Waals surface area contributed by atoms with Gasteiger partial charge in [0.05, 0.1) is 0 Å². The Morgan fingerprint density at radius 1 is 1.31 bits per heavy atom. The molecule has 0 amide bonds. The summed E-state index contributed by atoms with van der Waals surface area (Å²) in [6.07, 6.45) is 2.73. The van der Waals surface area contributed by atoms with Crippen molar-refractivity contribution in [3.05, 3.63) is 35.9 Å². The summed E-state index contributed by atoms with van der Waals surface area (Å²) in [7, 11) is 0. The van der Waals surface area contributed by atoms with Gasteiger partial charge in [-0.25, -0.2) is 0 Å². The molecule has 1 saturated carbocycles. The Labute approximate surface area is 97.4 Å². The van der Waals surface area contributed by atoms with Crippen molar-refractivity contribution >= 4 is 0 Å². The van der Waals surface area contributed by atoms with Gasteiger partial charge in [0.2, 0.25) is 0 Å². The van der Waals surface area contributed by atoms with Gasteiger partial charge in [0.25, 0.3) is 0 Å². The summed E-state index contributed by atoms with van der Waals surface area (Å²) < 4.78 is 0. The van der Waals surface area contributed by atoms with Gasteiger partial charge in [0, 0.05) is 13.1 Å². The lowest BCUT2D eigenvalue weighted by Gasteiger charge is -2.16. The molecular weight excluding hydrogens is 196 g/mol. The van der Waals surface area contributed by atoms with Crippen LogP contribution < -0.4 is 5.73 Å². The van der Waals surface area contributed by atoms with Crippen molar-refractivity contribution in [2.75, 3.05) is 19.6 Å². The number of hydrogen-bond donors (Lipinski definition) is 1. The van der Waals surface area contributed by atoms with E-state index in [0.29, 0.717) is 5.41 Å². The molecular formula is C14H20N2. The summed E-state index contributed by atoms with van der Waals surface area (Å²) in [6, 6.07) is 10.8. The van der Waals surface area contributed by atoms with Crippen molar-refractivity contribution < 1.29 is 0 Å². The lowest BCUT2D eigenvalue weighted by Crippen LogP contribution is -2.21. The minimum absolute atomic E-state index is 0.615. The van der Waals surface area contributed by atoms with Gasteiger partial charge < -0.3 is 5.73 Å². The molecule has 86 valence electrons. The number of benzene rings is 1. The number of nitrogens with two attached hydrogens (primary N) is 1. The Morgan fingerprint density at radius 3 is 2.81 bits per heavy atom. The van der Waals surface area contributed by atoms with E-state index in [4.69, 9.17) is 5.73 Å². The highest BCUT2D eigenvalue weighted by Gasteiger charge is 2.56. The molecule has 0 aromatic heterocycles. The highest BCUT2D eigenvalue weighted by Crippen LogP contribution is 2.57. The standard InChI is InChI=1S/C14H20N2/c15-9-13-8-14(13)6-7-16(11-14)10-12-4-2-1-3-5-12/h1-5,13H,6-11,15H2. The van der Waals surface area contributed by atoms with Crippen LogP contribution in [0, 0.1) is 11.3 Å². The first-order valence-corrected chi connectivity index (χ1v) is 6.29. The predicted octanol–water partition coefficient (Wildman–Crippen LogP) is 1.86. The summed E-state index contributed by atoms with van der Waals surface area (Å²) in [5.74, 6) is 0.813. The maximum absolute atomic E-state index is 5.77. The van der Waals surface area contributed by atoms with Gasteiger partial charge in [-0.3, -0.25) is 4.90 Å². The van der Waals surface area contributed by atoms with Crippen LogP contribution in [0.2, 0.25) is 0 Å². The predicted molar refractivity (Wildman–Crippen MR) is 65.9 cm³/mol. The minimum Gasteiger partial charge on any atom is -0.330 e. The van der Waals surface area contributed by atoms with Gasteiger partial charge in [0.15, 0.2) is 0 Å². The fourth-order valence-electron chi connectivity index (χ4n) is 3.23. The highest BCUT2D eigenvalue weighted by molar-refractivity contribution is 5.16.